The second-order valence-corrected chi connectivity index (χ2v) is 6.56. The quantitative estimate of drug-likeness (QED) is 0.901. The van der Waals surface area contributed by atoms with Crippen molar-refractivity contribution in [3.8, 4) is 17.2 Å². The SMILES string of the molecule is Cc1ccc2c(c1)N(CC(=O)Nc1ccc3c(c1)OCCO3)C(=O)[C@H](C)O2. The zero-order chi connectivity index (χ0) is 19.0. The first-order valence-corrected chi connectivity index (χ1v) is 8.79. The average Bonchev–Trinajstić information content (AvgIpc) is 2.66. The second kappa shape index (κ2) is 6.83. The van der Waals surface area contributed by atoms with Gasteiger partial charge in [-0.2, -0.15) is 0 Å². The number of carbonyl (C=O) groups excluding carboxylic acids is 2. The van der Waals surface area contributed by atoms with Gasteiger partial charge in [0, 0.05) is 11.8 Å². The molecule has 0 radical (unpaired) electrons. The highest BCUT2D eigenvalue weighted by molar-refractivity contribution is 6.06. The molecule has 2 amide bonds. The highest BCUT2D eigenvalue weighted by Crippen LogP contribution is 2.35. The van der Waals surface area contributed by atoms with E-state index in [1.807, 2.05) is 25.1 Å². The number of benzene rings is 2. The maximum absolute atomic E-state index is 12.6. The molecule has 0 spiro atoms. The van der Waals surface area contributed by atoms with Crippen LogP contribution in [0.1, 0.15) is 12.5 Å². The van der Waals surface area contributed by atoms with Crippen LogP contribution < -0.4 is 24.4 Å². The molecular weight excluding hydrogens is 348 g/mol. The van der Waals surface area contributed by atoms with Gasteiger partial charge < -0.3 is 19.5 Å². The van der Waals surface area contributed by atoms with Crippen LogP contribution in [0.15, 0.2) is 36.4 Å². The van der Waals surface area contributed by atoms with Crippen molar-refractivity contribution < 1.29 is 23.8 Å². The van der Waals surface area contributed by atoms with Gasteiger partial charge in [-0.3, -0.25) is 14.5 Å². The van der Waals surface area contributed by atoms with E-state index in [-0.39, 0.29) is 18.4 Å². The minimum Gasteiger partial charge on any atom is -0.486 e. The first-order chi connectivity index (χ1) is 13.0. The summed E-state index contributed by atoms with van der Waals surface area (Å²) >= 11 is 0. The smallest absolute Gasteiger partial charge is 0.268 e. The first-order valence-electron chi connectivity index (χ1n) is 8.79. The maximum atomic E-state index is 12.6. The molecule has 0 aliphatic carbocycles. The highest BCUT2D eigenvalue weighted by Gasteiger charge is 2.32. The molecule has 2 aromatic rings. The van der Waals surface area contributed by atoms with Crippen molar-refractivity contribution in [1.29, 1.82) is 0 Å². The van der Waals surface area contributed by atoms with E-state index in [9.17, 15) is 9.59 Å². The van der Waals surface area contributed by atoms with Gasteiger partial charge in [0.1, 0.15) is 25.5 Å². The zero-order valence-corrected chi connectivity index (χ0v) is 15.2. The number of nitrogens with one attached hydrogen (secondary N) is 1. The molecule has 0 saturated carbocycles. The number of anilines is 2. The average molecular weight is 368 g/mol. The third-order valence-corrected chi connectivity index (χ3v) is 4.45. The van der Waals surface area contributed by atoms with Gasteiger partial charge in [0.2, 0.25) is 5.91 Å². The molecule has 0 aromatic heterocycles. The number of ether oxygens (including phenoxy) is 3. The summed E-state index contributed by atoms with van der Waals surface area (Å²) in [6, 6.07) is 10.8. The Morgan fingerprint density at radius 2 is 1.85 bits per heavy atom. The topological polar surface area (TPSA) is 77.1 Å². The van der Waals surface area contributed by atoms with Gasteiger partial charge in [0.15, 0.2) is 17.6 Å². The Bertz CT molecular complexity index is 911. The van der Waals surface area contributed by atoms with Gasteiger partial charge in [-0.1, -0.05) is 6.07 Å². The number of hydrogen-bond donors (Lipinski definition) is 1. The molecule has 7 heteroatoms. The minimum atomic E-state index is -0.637. The molecule has 2 aromatic carbocycles. The normalized spacial score (nSPS) is 17.8. The van der Waals surface area contributed by atoms with Crippen LogP contribution in [0.25, 0.3) is 0 Å². The Morgan fingerprint density at radius 1 is 1.11 bits per heavy atom. The van der Waals surface area contributed by atoms with Crippen LogP contribution in [0, 0.1) is 6.92 Å². The van der Waals surface area contributed by atoms with E-state index in [1.165, 1.54) is 4.90 Å². The van der Waals surface area contributed by atoms with E-state index in [1.54, 1.807) is 25.1 Å². The molecule has 7 nitrogen and oxygen atoms in total. The molecule has 0 saturated heterocycles. The van der Waals surface area contributed by atoms with E-state index in [4.69, 9.17) is 14.2 Å². The van der Waals surface area contributed by atoms with Crippen LogP contribution in [0.3, 0.4) is 0 Å². The van der Waals surface area contributed by atoms with Gasteiger partial charge in [0.05, 0.1) is 5.69 Å². The fraction of sp³-hybridized carbons (Fsp3) is 0.300. The third-order valence-electron chi connectivity index (χ3n) is 4.45. The van der Waals surface area contributed by atoms with E-state index in [2.05, 4.69) is 5.32 Å². The summed E-state index contributed by atoms with van der Waals surface area (Å²) in [5, 5.41) is 2.81. The van der Waals surface area contributed by atoms with Crippen molar-refractivity contribution in [2.24, 2.45) is 0 Å². The summed E-state index contributed by atoms with van der Waals surface area (Å²) < 4.78 is 16.6. The van der Waals surface area contributed by atoms with E-state index < -0.39 is 6.10 Å². The summed E-state index contributed by atoms with van der Waals surface area (Å²) in [5.74, 6) is 1.30. The van der Waals surface area contributed by atoms with Crippen LogP contribution in [0.4, 0.5) is 11.4 Å². The summed E-state index contributed by atoms with van der Waals surface area (Å²) in [5.41, 5.74) is 2.18. The lowest BCUT2D eigenvalue weighted by Gasteiger charge is -2.32. The zero-order valence-electron chi connectivity index (χ0n) is 15.2. The Hall–Kier alpha value is -3.22. The lowest BCUT2D eigenvalue weighted by molar-refractivity contribution is -0.127. The predicted molar refractivity (Wildman–Crippen MR) is 99.7 cm³/mol. The van der Waals surface area contributed by atoms with Crippen molar-refractivity contribution in [1.82, 2.24) is 0 Å². The number of amides is 2. The minimum absolute atomic E-state index is 0.0998. The van der Waals surface area contributed by atoms with Crippen LogP contribution in [-0.4, -0.2) is 37.7 Å². The van der Waals surface area contributed by atoms with Gasteiger partial charge in [0.25, 0.3) is 5.91 Å². The fourth-order valence-corrected chi connectivity index (χ4v) is 3.15. The maximum Gasteiger partial charge on any atom is 0.268 e. The van der Waals surface area contributed by atoms with Crippen molar-refractivity contribution in [3.05, 3.63) is 42.0 Å². The van der Waals surface area contributed by atoms with Crippen molar-refractivity contribution >= 4 is 23.2 Å². The molecule has 2 aliphatic heterocycles. The van der Waals surface area contributed by atoms with Crippen molar-refractivity contribution in [3.63, 3.8) is 0 Å². The summed E-state index contributed by atoms with van der Waals surface area (Å²) in [6.45, 7) is 4.49. The van der Waals surface area contributed by atoms with E-state index >= 15 is 0 Å². The molecule has 0 bridgehead atoms. The van der Waals surface area contributed by atoms with Gasteiger partial charge in [-0.25, -0.2) is 0 Å². The lowest BCUT2D eigenvalue weighted by atomic mass is 10.1. The lowest BCUT2D eigenvalue weighted by Crippen LogP contribution is -2.47. The van der Waals surface area contributed by atoms with Gasteiger partial charge in [-0.15, -0.1) is 0 Å². The summed E-state index contributed by atoms with van der Waals surface area (Å²) in [7, 11) is 0. The molecular formula is C20H20N2O5. The summed E-state index contributed by atoms with van der Waals surface area (Å²) in [4.78, 5) is 26.6. The number of aryl methyl sites for hydroxylation is 1. The monoisotopic (exact) mass is 368 g/mol. The van der Waals surface area contributed by atoms with Crippen molar-refractivity contribution in [2.75, 3.05) is 30.0 Å². The number of fused-ring (bicyclic) bond motifs is 2. The Morgan fingerprint density at radius 3 is 2.67 bits per heavy atom. The van der Waals surface area contributed by atoms with Crippen LogP contribution in [0.5, 0.6) is 17.2 Å². The number of nitrogens with zero attached hydrogens (tertiary/aromatic N) is 1. The van der Waals surface area contributed by atoms with Gasteiger partial charge >= 0.3 is 0 Å². The Balaban J connectivity index is 1.52. The Labute approximate surface area is 156 Å². The standard InChI is InChI=1S/C20H20N2O5/c1-12-3-5-16-15(9-12)22(20(24)13(2)27-16)11-19(23)21-14-4-6-17-18(10-14)26-8-7-25-17/h3-6,9-10,13H,7-8,11H2,1-2H3,(H,21,23)/t13-/m0/s1. The molecule has 140 valence electrons. The van der Waals surface area contributed by atoms with Crippen molar-refractivity contribution in [2.45, 2.75) is 20.0 Å². The van der Waals surface area contributed by atoms with Crippen LogP contribution in [0.2, 0.25) is 0 Å². The number of hydrogen-bond acceptors (Lipinski definition) is 5. The number of carbonyl (C=O) groups is 2. The molecule has 1 N–H and O–H groups in total. The fourth-order valence-electron chi connectivity index (χ4n) is 3.15. The van der Waals surface area contributed by atoms with E-state index in [0.29, 0.717) is 41.8 Å². The largest absolute Gasteiger partial charge is 0.486 e. The number of rotatable bonds is 3. The molecule has 27 heavy (non-hydrogen) atoms. The van der Waals surface area contributed by atoms with Gasteiger partial charge in [-0.05, 0) is 43.7 Å². The van der Waals surface area contributed by atoms with Crippen LogP contribution in [-0.2, 0) is 9.59 Å². The van der Waals surface area contributed by atoms with E-state index in [0.717, 1.165) is 5.56 Å². The molecule has 4 rings (SSSR count). The molecule has 0 unspecified atom stereocenters. The molecule has 0 fully saturated rings. The molecule has 2 aliphatic rings. The predicted octanol–water partition coefficient (Wildman–Crippen LogP) is 2.52. The third kappa shape index (κ3) is 3.40. The molecule has 2 heterocycles. The highest BCUT2D eigenvalue weighted by atomic mass is 16.6. The summed E-state index contributed by atoms with van der Waals surface area (Å²) in [6.07, 6.45) is -0.637. The van der Waals surface area contributed by atoms with Crippen LogP contribution >= 0.6 is 0 Å². The second-order valence-electron chi connectivity index (χ2n) is 6.56. The molecule has 1 atom stereocenters. The first kappa shape index (κ1) is 17.2. The Kier molecular flexibility index (Phi) is 4.35.